The highest BCUT2D eigenvalue weighted by atomic mass is 19.3. The number of carbonyl (C=O) groups excluding carboxylic acids is 1. The van der Waals surface area contributed by atoms with Crippen molar-refractivity contribution in [3.63, 3.8) is 0 Å². The van der Waals surface area contributed by atoms with E-state index in [2.05, 4.69) is 4.74 Å². The minimum absolute atomic E-state index is 0.0572. The molecule has 0 amide bonds. The number of hydrogen-bond acceptors (Lipinski definition) is 2. The Bertz CT molecular complexity index is 400. The van der Waals surface area contributed by atoms with Crippen LogP contribution in [0.2, 0.25) is 0 Å². The summed E-state index contributed by atoms with van der Waals surface area (Å²) in [7, 11) is 0. The summed E-state index contributed by atoms with van der Waals surface area (Å²) in [5, 5.41) is 0. The molecule has 0 aliphatic rings. The van der Waals surface area contributed by atoms with Crippen LogP contribution >= 0.6 is 0 Å². The molecule has 1 aromatic rings. The van der Waals surface area contributed by atoms with Crippen molar-refractivity contribution < 1.29 is 18.3 Å². The fourth-order valence-electron chi connectivity index (χ4n) is 1.43. The molecule has 0 aromatic heterocycles. The predicted molar refractivity (Wildman–Crippen MR) is 61.1 cm³/mol. The lowest BCUT2D eigenvalue weighted by Crippen LogP contribution is -2.28. The summed E-state index contributed by atoms with van der Waals surface area (Å²) in [5.74, 6) is -4.95. The van der Waals surface area contributed by atoms with Gasteiger partial charge in [0.25, 0.3) is 0 Å². The molecule has 0 radical (unpaired) electrons. The molecule has 0 heterocycles. The molecule has 0 saturated heterocycles. The molecule has 4 heteroatoms. The zero-order valence-electron chi connectivity index (χ0n) is 10.2. The van der Waals surface area contributed by atoms with E-state index in [9.17, 15) is 13.6 Å². The van der Waals surface area contributed by atoms with Crippen molar-refractivity contribution in [1.82, 2.24) is 0 Å². The van der Waals surface area contributed by atoms with Crippen LogP contribution in [0, 0.1) is 0 Å². The fourth-order valence-corrected chi connectivity index (χ4v) is 1.43. The van der Waals surface area contributed by atoms with Crippen molar-refractivity contribution in [2.45, 2.75) is 32.6 Å². The number of esters is 1. The number of halogens is 2. The topological polar surface area (TPSA) is 26.3 Å². The van der Waals surface area contributed by atoms with Crippen LogP contribution in [0.1, 0.15) is 37.8 Å². The Morgan fingerprint density at radius 3 is 2.59 bits per heavy atom. The normalized spacial score (nSPS) is 11.6. The molecule has 0 bridgehead atoms. The Morgan fingerprint density at radius 2 is 2.06 bits per heavy atom. The summed E-state index contributed by atoms with van der Waals surface area (Å²) in [5.41, 5.74) is 0.452. The lowest BCUT2D eigenvalue weighted by atomic mass is 9.98. The molecule has 1 rings (SSSR count). The highest BCUT2D eigenvalue weighted by molar-refractivity contribution is 5.79. The van der Waals surface area contributed by atoms with E-state index in [1.807, 2.05) is 13.8 Å². The van der Waals surface area contributed by atoms with Crippen LogP contribution in [-0.4, -0.2) is 12.6 Å². The van der Waals surface area contributed by atoms with Gasteiger partial charge < -0.3 is 4.74 Å². The number of rotatable bonds is 4. The van der Waals surface area contributed by atoms with Crippen molar-refractivity contribution >= 4 is 5.97 Å². The van der Waals surface area contributed by atoms with Gasteiger partial charge in [-0.2, -0.15) is 8.78 Å². The van der Waals surface area contributed by atoms with Crippen molar-refractivity contribution in [3.8, 4) is 0 Å². The highest BCUT2D eigenvalue weighted by Crippen LogP contribution is 2.31. The maximum Gasteiger partial charge on any atom is 0.381 e. The van der Waals surface area contributed by atoms with Gasteiger partial charge >= 0.3 is 11.9 Å². The average Bonchev–Trinajstić information content (AvgIpc) is 2.29. The van der Waals surface area contributed by atoms with Crippen LogP contribution in [0.4, 0.5) is 8.78 Å². The molecule has 0 saturated carbocycles. The molecule has 0 aliphatic heterocycles. The summed E-state index contributed by atoms with van der Waals surface area (Å²) < 4.78 is 31.8. The van der Waals surface area contributed by atoms with E-state index >= 15 is 0 Å². The van der Waals surface area contributed by atoms with Gasteiger partial charge in [0.2, 0.25) is 0 Å². The van der Waals surface area contributed by atoms with Crippen LogP contribution in [-0.2, 0) is 15.5 Å². The first-order valence-electron chi connectivity index (χ1n) is 5.55. The van der Waals surface area contributed by atoms with Gasteiger partial charge in [0, 0.05) is 5.56 Å². The van der Waals surface area contributed by atoms with Gasteiger partial charge in [-0.15, -0.1) is 0 Å². The van der Waals surface area contributed by atoms with Gasteiger partial charge in [-0.3, -0.25) is 0 Å². The average molecular weight is 242 g/mol. The Balaban J connectivity index is 3.06. The minimum atomic E-state index is -3.58. The third-order valence-corrected chi connectivity index (χ3v) is 2.45. The lowest BCUT2D eigenvalue weighted by Gasteiger charge is -2.16. The summed E-state index contributed by atoms with van der Waals surface area (Å²) in [6, 6.07) is 5.87. The Hall–Kier alpha value is -1.45. The summed E-state index contributed by atoms with van der Waals surface area (Å²) in [6.45, 7) is 5.25. The number of ether oxygens (including phenoxy) is 1. The molecule has 0 spiro atoms. The predicted octanol–water partition coefficient (Wildman–Crippen LogP) is 3.46. The molecule has 0 unspecified atom stereocenters. The number of benzene rings is 1. The van der Waals surface area contributed by atoms with Gasteiger partial charge in [-0.1, -0.05) is 32.0 Å². The molecule has 0 atom stereocenters. The quantitative estimate of drug-likeness (QED) is 0.756. The van der Waals surface area contributed by atoms with Gasteiger partial charge in [0.15, 0.2) is 0 Å². The smallest absolute Gasteiger partial charge is 0.381 e. The van der Waals surface area contributed by atoms with Crippen LogP contribution in [0.3, 0.4) is 0 Å². The second kappa shape index (κ2) is 5.25. The molecule has 1 aromatic carbocycles. The van der Waals surface area contributed by atoms with E-state index in [-0.39, 0.29) is 18.1 Å². The molecule has 94 valence electrons. The van der Waals surface area contributed by atoms with Crippen molar-refractivity contribution in [2.75, 3.05) is 6.61 Å². The zero-order chi connectivity index (χ0) is 13.1. The summed E-state index contributed by atoms with van der Waals surface area (Å²) >= 11 is 0. The van der Waals surface area contributed by atoms with E-state index in [0.29, 0.717) is 0 Å². The van der Waals surface area contributed by atoms with Crippen LogP contribution in [0.15, 0.2) is 24.3 Å². The Labute approximate surface area is 99.6 Å². The lowest BCUT2D eigenvalue weighted by molar-refractivity contribution is -0.173. The fraction of sp³-hybridized carbons (Fsp3) is 0.462. The van der Waals surface area contributed by atoms with Crippen LogP contribution in [0.5, 0.6) is 0 Å². The van der Waals surface area contributed by atoms with E-state index in [1.54, 1.807) is 6.07 Å². The molecule has 0 fully saturated rings. The molecule has 17 heavy (non-hydrogen) atoms. The first kappa shape index (κ1) is 13.6. The number of hydrogen-bond donors (Lipinski definition) is 0. The van der Waals surface area contributed by atoms with Gasteiger partial charge in [-0.25, -0.2) is 4.79 Å². The van der Waals surface area contributed by atoms with E-state index in [0.717, 1.165) is 5.56 Å². The molecule has 2 nitrogen and oxygen atoms in total. The zero-order valence-corrected chi connectivity index (χ0v) is 10.2. The standard InChI is InChI=1S/C13H16F2O2/c1-4-17-12(16)13(14,15)11-7-5-6-10(8-11)9(2)3/h5-9H,4H2,1-3H3. The monoisotopic (exact) mass is 242 g/mol. The summed E-state index contributed by atoms with van der Waals surface area (Å²) in [4.78, 5) is 11.2. The third-order valence-electron chi connectivity index (χ3n) is 2.45. The molecular formula is C13H16F2O2. The number of carbonyl (C=O) groups is 1. The van der Waals surface area contributed by atoms with Crippen LogP contribution < -0.4 is 0 Å². The second-order valence-electron chi connectivity index (χ2n) is 4.08. The SMILES string of the molecule is CCOC(=O)C(F)(F)c1cccc(C(C)C)c1. The first-order chi connectivity index (χ1) is 7.89. The molecule has 0 N–H and O–H groups in total. The number of alkyl halides is 2. The first-order valence-corrected chi connectivity index (χ1v) is 5.55. The second-order valence-corrected chi connectivity index (χ2v) is 4.08. The Kier molecular flexibility index (Phi) is 4.21. The third kappa shape index (κ3) is 3.02. The maximum atomic E-state index is 13.7. The minimum Gasteiger partial charge on any atom is -0.461 e. The van der Waals surface area contributed by atoms with E-state index in [1.165, 1.54) is 25.1 Å². The Morgan fingerprint density at radius 1 is 1.41 bits per heavy atom. The van der Waals surface area contributed by atoms with Gasteiger partial charge in [0.05, 0.1) is 6.61 Å². The maximum absolute atomic E-state index is 13.7. The molecular weight excluding hydrogens is 226 g/mol. The highest BCUT2D eigenvalue weighted by Gasteiger charge is 2.42. The van der Waals surface area contributed by atoms with Gasteiger partial charge in [-0.05, 0) is 24.5 Å². The van der Waals surface area contributed by atoms with Crippen molar-refractivity contribution in [1.29, 1.82) is 0 Å². The molecule has 0 aliphatic carbocycles. The van der Waals surface area contributed by atoms with E-state index in [4.69, 9.17) is 0 Å². The van der Waals surface area contributed by atoms with Crippen molar-refractivity contribution in [3.05, 3.63) is 35.4 Å². The van der Waals surface area contributed by atoms with E-state index < -0.39 is 11.9 Å². The summed E-state index contributed by atoms with van der Waals surface area (Å²) in [6.07, 6.45) is 0. The van der Waals surface area contributed by atoms with Gasteiger partial charge in [0.1, 0.15) is 0 Å². The van der Waals surface area contributed by atoms with Crippen molar-refractivity contribution in [2.24, 2.45) is 0 Å². The van der Waals surface area contributed by atoms with Crippen LogP contribution in [0.25, 0.3) is 0 Å². The largest absolute Gasteiger partial charge is 0.461 e.